The topological polar surface area (TPSA) is 38.5 Å². The number of hydrogen-bond acceptors (Lipinski definition) is 2. The Morgan fingerprint density at radius 3 is 2.83 bits per heavy atom. The van der Waals surface area contributed by atoms with E-state index in [1.165, 1.54) is 0 Å². The summed E-state index contributed by atoms with van der Waals surface area (Å²) < 4.78 is 0. The number of rotatable bonds is 0. The maximum Gasteiger partial charge on any atom is 0.110 e. The van der Waals surface area contributed by atoms with Crippen molar-refractivity contribution < 1.29 is 0 Å². The molecule has 3 heteroatoms. The molecule has 1 aliphatic heterocycles. The van der Waals surface area contributed by atoms with E-state index in [2.05, 4.69) is 15.8 Å². The van der Waals surface area contributed by atoms with Gasteiger partial charge in [-0.15, -0.1) is 0 Å². The van der Waals surface area contributed by atoms with Gasteiger partial charge in [0.15, 0.2) is 0 Å². The predicted octanol–water partition coefficient (Wildman–Crippen LogP) is -0.863. The molecule has 3 nitrogen and oxygen atoms in total. The number of hydrogen-bond donors (Lipinski definition) is 1. The zero-order valence-corrected chi connectivity index (χ0v) is 3.39. The van der Waals surface area contributed by atoms with Crippen LogP contribution in [0.5, 0.6) is 0 Å². The van der Waals surface area contributed by atoms with Crippen molar-refractivity contribution in [3.05, 3.63) is 0 Å². The summed E-state index contributed by atoms with van der Waals surface area (Å²) in [7, 11) is 0. The van der Waals surface area contributed by atoms with Crippen molar-refractivity contribution >= 4 is 6.21 Å². The van der Waals surface area contributed by atoms with E-state index in [-0.39, 0.29) is 0 Å². The van der Waals surface area contributed by atoms with Crippen LogP contribution < -0.4 is 10.7 Å². The van der Waals surface area contributed by atoms with E-state index in [0.29, 0.717) is 6.67 Å². The van der Waals surface area contributed by atoms with Gasteiger partial charge in [0.1, 0.15) is 6.67 Å². The van der Waals surface area contributed by atoms with Crippen molar-refractivity contribution in [2.45, 2.75) is 0 Å². The normalized spacial score (nSPS) is 20.0. The predicted molar refractivity (Wildman–Crippen MR) is 23.5 cm³/mol. The third kappa shape index (κ3) is 0.687. The molecule has 1 N–H and O–H groups in total. The minimum absolute atomic E-state index is 0.677. The van der Waals surface area contributed by atoms with Gasteiger partial charge >= 0.3 is 0 Å². The zero-order valence-electron chi connectivity index (χ0n) is 3.39. The molecule has 0 aromatic heterocycles. The van der Waals surface area contributed by atoms with Crippen LogP contribution in [0.3, 0.4) is 0 Å². The van der Waals surface area contributed by atoms with Crippen LogP contribution in [0.4, 0.5) is 0 Å². The summed E-state index contributed by atoms with van der Waals surface area (Å²) in [5, 5.41) is 6.58. The Labute approximate surface area is 36.4 Å². The highest BCUT2D eigenvalue weighted by atomic mass is 15.3. The highest BCUT2D eigenvalue weighted by Gasteiger charge is 1.85. The lowest BCUT2D eigenvalue weighted by atomic mass is 10.7. The van der Waals surface area contributed by atoms with E-state index in [1.807, 2.05) is 0 Å². The maximum absolute atomic E-state index is 3.64. The summed E-state index contributed by atoms with van der Waals surface area (Å²) in [6, 6.07) is 0. The molecule has 0 aromatic rings. The first-order chi connectivity index (χ1) is 3.00. The molecule has 0 spiro atoms. The first kappa shape index (κ1) is 3.61. The molecular formula is C3H6N3. The molecule has 0 unspecified atom stereocenters. The molecular weight excluding hydrogens is 78.1 g/mol. The fourth-order valence-electron chi connectivity index (χ4n) is 0.318. The van der Waals surface area contributed by atoms with E-state index in [0.717, 1.165) is 6.54 Å². The average molecular weight is 84.1 g/mol. The van der Waals surface area contributed by atoms with Crippen molar-refractivity contribution in [1.82, 2.24) is 10.7 Å². The molecule has 0 saturated carbocycles. The molecule has 33 valence electrons. The molecule has 1 aliphatic rings. The van der Waals surface area contributed by atoms with Crippen LogP contribution in [-0.4, -0.2) is 19.4 Å². The van der Waals surface area contributed by atoms with Gasteiger partial charge in [0.05, 0.1) is 0 Å². The Morgan fingerprint density at radius 2 is 2.67 bits per heavy atom. The molecule has 1 rings (SSSR count). The van der Waals surface area contributed by atoms with Crippen LogP contribution in [0.15, 0.2) is 5.10 Å². The average Bonchev–Trinajstić information content (AvgIpc) is 1.72. The van der Waals surface area contributed by atoms with Gasteiger partial charge in [-0.3, -0.25) is 5.32 Å². The second-order valence-corrected chi connectivity index (χ2v) is 1.05. The second kappa shape index (κ2) is 1.77. The Hall–Kier alpha value is -0.570. The lowest BCUT2D eigenvalue weighted by molar-refractivity contribution is 0.610. The molecule has 0 aliphatic carbocycles. The van der Waals surface area contributed by atoms with Crippen molar-refractivity contribution in [3.63, 3.8) is 0 Å². The van der Waals surface area contributed by atoms with E-state index in [4.69, 9.17) is 0 Å². The molecule has 0 fully saturated rings. The van der Waals surface area contributed by atoms with E-state index < -0.39 is 0 Å². The molecule has 6 heavy (non-hydrogen) atoms. The van der Waals surface area contributed by atoms with Crippen molar-refractivity contribution in [2.24, 2.45) is 5.10 Å². The highest BCUT2D eigenvalue weighted by molar-refractivity contribution is 5.59. The maximum atomic E-state index is 3.64. The van der Waals surface area contributed by atoms with Crippen LogP contribution in [0.25, 0.3) is 0 Å². The SMILES string of the molecule is C1=N[N]CNC1. The van der Waals surface area contributed by atoms with Gasteiger partial charge in [0.2, 0.25) is 0 Å². The lowest BCUT2D eigenvalue weighted by Gasteiger charge is -2.00. The lowest BCUT2D eigenvalue weighted by Crippen LogP contribution is -2.27. The minimum atomic E-state index is 0.677. The summed E-state index contributed by atoms with van der Waals surface area (Å²) in [5.74, 6) is 0. The third-order valence-electron chi connectivity index (χ3n) is 0.581. The van der Waals surface area contributed by atoms with Crippen LogP contribution in [0, 0.1) is 0 Å². The Balaban J connectivity index is 2.26. The highest BCUT2D eigenvalue weighted by Crippen LogP contribution is 1.64. The molecule has 0 bridgehead atoms. The van der Waals surface area contributed by atoms with Gasteiger partial charge in [-0.1, -0.05) is 0 Å². The molecule has 0 aromatic carbocycles. The molecule has 1 heterocycles. The standard InChI is InChI=1S/C3H6N3/c1-2-5-6-3-4-1/h2,4H,1,3H2. The van der Waals surface area contributed by atoms with Crippen molar-refractivity contribution in [1.29, 1.82) is 0 Å². The zero-order chi connectivity index (χ0) is 4.24. The van der Waals surface area contributed by atoms with E-state index in [9.17, 15) is 0 Å². The van der Waals surface area contributed by atoms with Crippen LogP contribution in [-0.2, 0) is 0 Å². The van der Waals surface area contributed by atoms with Gasteiger partial charge in [-0.25, -0.2) is 0 Å². The quantitative estimate of drug-likeness (QED) is 0.407. The largest absolute Gasteiger partial charge is 0.292 e. The minimum Gasteiger partial charge on any atom is -0.292 e. The van der Waals surface area contributed by atoms with Crippen molar-refractivity contribution in [3.8, 4) is 0 Å². The van der Waals surface area contributed by atoms with Crippen LogP contribution >= 0.6 is 0 Å². The first-order valence-electron chi connectivity index (χ1n) is 1.89. The van der Waals surface area contributed by atoms with Gasteiger partial charge in [-0.05, 0) is 0 Å². The molecule has 0 saturated heterocycles. The van der Waals surface area contributed by atoms with Gasteiger partial charge < -0.3 is 0 Å². The molecule has 0 atom stereocenters. The van der Waals surface area contributed by atoms with Gasteiger partial charge in [0.25, 0.3) is 0 Å². The smallest absolute Gasteiger partial charge is 0.110 e. The fraction of sp³-hybridized carbons (Fsp3) is 0.667. The van der Waals surface area contributed by atoms with Crippen LogP contribution in [0.1, 0.15) is 0 Å². The first-order valence-corrected chi connectivity index (χ1v) is 1.89. The van der Waals surface area contributed by atoms with Crippen LogP contribution in [0.2, 0.25) is 0 Å². The summed E-state index contributed by atoms with van der Waals surface area (Å²) in [5.41, 5.74) is 3.64. The summed E-state index contributed by atoms with van der Waals surface area (Å²) >= 11 is 0. The number of nitrogens with zero attached hydrogens (tertiary/aromatic N) is 2. The summed E-state index contributed by atoms with van der Waals surface area (Å²) in [4.78, 5) is 0. The van der Waals surface area contributed by atoms with Gasteiger partial charge in [0, 0.05) is 12.8 Å². The Morgan fingerprint density at radius 1 is 1.67 bits per heavy atom. The Kier molecular flexibility index (Phi) is 1.06. The summed E-state index contributed by atoms with van der Waals surface area (Å²) in [6.45, 7) is 1.54. The molecule has 1 radical (unpaired) electrons. The molecule has 0 amide bonds. The third-order valence-corrected chi connectivity index (χ3v) is 0.581. The Bertz CT molecular complexity index is 51.1. The number of nitrogens with one attached hydrogen (secondary N) is 1. The second-order valence-electron chi connectivity index (χ2n) is 1.05. The monoisotopic (exact) mass is 84.1 g/mol. The van der Waals surface area contributed by atoms with E-state index in [1.54, 1.807) is 6.21 Å². The fourth-order valence-corrected chi connectivity index (χ4v) is 0.318. The van der Waals surface area contributed by atoms with Crippen molar-refractivity contribution in [2.75, 3.05) is 13.2 Å². The summed E-state index contributed by atoms with van der Waals surface area (Å²) in [6.07, 6.45) is 1.74. The van der Waals surface area contributed by atoms with Gasteiger partial charge in [-0.2, -0.15) is 10.5 Å². The van der Waals surface area contributed by atoms with E-state index >= 15 is 0 Å².